The number of halogens is 3. The number of hydrogen-bond acceptors (Lipinski definition) is 6. The molecule has 1 fully saturated rings. The van der Waals surface area contributed by atoms with E-state index in [0.29, 0.717) is 35.8 Å². The first kappa shape index (κ1) is 25.7. The molecule has 8 nitrogen and oxygen atoms in total. The van der Waals surface area contributed by atoms with E-state index in [1.54, 1.807) is 30.3 Å². The molecule has 38 heavy (non-hydrogen) atoms. The van der Waals surface area contributed by atoms with E-state index in [0.717, 1.165) is 30.4 Å². The van der Waals surface area contributed by atoms with Crippen LogP contribution >= 0.6 is 0 Å². The third kappa shape index (κ3) is 5.63. The van der Waals surface area contributed by atoms with Crippen LogP contribution in [0.5, 0.6) is 11.5 Å². The van der Waals surface area contributed by atoms with Crippen molar-refractivity contribution in [2.75, 3.05) is 40.3 Å². The highest BCUT2D eigenvalue weighted by molar-refractivity contribution is 6.04. The number of carbonyl (C=O) groups excluding carboxylic acids is 1. The van der Waals surface area contributed by atoms with Crippen molar-refractivity contribution in [1.82, 2.24) is 15.3 Å². The number of allylic oxidation sites excluding steroid dienone is 2. The van der Waals surface area contributed by atoms with Crippen LogP contribution < -0.4 is 14.9 Å². The monoisotopic (exact) mass is 525 g/mol. The van der Waals surface area contributed by atoms with E-state index in [-0.39, 0.29) is 23.9 Å². The Labute approximate surface area is 217 Å². The highest BCUT2D eigenvalue weighted by Gasteiger charge is 2.38. The molecule has 1 amide bonds. The van der Waals surface area contributed by atoms with Crippen LogP contribution in [0, 0.1) is 0 Å². The molecule has 4 aliphatic rings. The average Bonchev–Trinajstić information content (AvgIpc) is 3.27. The Balaban J connectivity index is 1.35. The summed E-state index contributed by atoms with van der Waals surface area (Å²) in [5.41, 5.74) is 4.24. The number of piperazine rings is 1. The van der Waals surface area contributed by atoms with E-state index in [2.05, 4.69) is 20.3 Å². The van der Waals surface area contributed by atoms with Gasteiger partial charge in [-0.3, -0.25) is 10.2 Å². The topological polar surface area (TPSA) is 78.8 Å². The maximum atomic E-state index is 13.8. The van der Waals surface area contributed by atoms with Crippen molar-refractivity contribution in [2.45, 2.75) is 12.6 Å². The summed E-state index contributed by atoms with van der Waals surface area (Å²) in [5.74, 6) is 0.290. The number of para-hydroxylation sites is 1. The predicted octanol–water partition coefficient (Wildman–Crippen LogP) is 4.52. The van der Waals surface area contributed by atoms with Crippen molar-refractivity contribution in [3.05, 3.63) is 65.4 Å². The largest absolute Gasteiger partial charge is 0.494 e. The van der Waals surface area contributed by atoms with Gasteiger partial charge in [-0.25, -0.2) is 15.0 Å². The van der Waals surface area contributed by atoms with Gasteiger partial charge in [0.15, 0.2) is 5.84 Å². The van der Waals surface area contributed by atoms with Gasteiger partial charge < -0.3 is 14.4 Å². The molecule has 0 bridgehead atoms. The number of hydrogen-bond donors (Lipinski definition) is 1. The van der Waals surface area contributed by atoms with Crippen LogP contribution in [0.1, 0.15) is 16.8 Å². The van der Waals surface area contributed by atoms with E-state index in [1.807, 2.05) is 18.1 Å². The highest BCUT2D eigenvalue weighted by atomic mass is 19.4. The number of ether oxygens (including phenoxy) is 2. The van der Waals surface area contributed by atoms with Crippen LogP contribution in [-0.4, -0.2) is 74.4 Å². The second-order valence-electron chi connectivity index (χ2n) is 9.07. The van der Waals surface area contributed by atoms with Gasteiger partial charge in [-0.2, -0.15) is 13.2 Å². The van der Waals surface area contributed by atoms with Crippen molar-refractivity contribution in [2.24, 2.45) is 9.98 Å². The maximum Gasteiger partial charge on any atom is 0.421 e. The Morgan fingerprint density at radius 3 is 2.53 bits per heavy atom. The summed E-state index contributed by atoms with van der Waals surface area (Å²) in [7, 11) is 3.46. The number of fused-ring (bicyclic) bond motifs is 1. The maximum absolute atomic E-state index is 13.8. The lowest BCUT2D eigenvalue weighted by Gasteiger charge is -2.32. The molecule has 0 spiro atoms. The van der Waals surface area contributed by atoms with E-state index in [1.165, 1.54) is 19.3 Å². The zero-order valence-corrected chi connectivity index (χ0v) is 20.9. The van der Waals surface area contributed by atoms with Crippen LogP contribution in [0.3, 0.4) is 0 Å². The molecule has 2 heterocycles. The first-order valence-corrected chi connectivity index (χ1v) is 12.1. The van der Waals surface area contributed by atoms with Gasteiger partial charge in [0.2, 0.25) is 0 Å². The average molecular weight is 526 g/mol. The Morgan fingerprint density at radius 2 is 1.84 bits per heavy atom. The number of carbonyl (C=O) groups is 1. The number of methoxy groups -OCH3 is 1. The van der Waals surface area contributed by atoms with Gasteiger partial charge in [0.1, 0.15) is 28.5 Å². The predicted molar refractivity (Wildman–Crippen MR) is 138 cm³/mol. The molecule has 0 radical (unpaired) electrons. The number of likely N-dealkylation sites (N-methyl/N-ethyl adjacent to an activating group) is 1. The van der Waals surface area contributed by atoms with Crippen molar-refractivity contribution in [3.63, 3.8) is 0 Å². The molecule has 0 unspecified atom stereocenters. The van der Waals surface area contributed by atoms with Crippen LogP contribution in [0.4, 0.5) is 18.9 Å². The number of nitrogens with one attached hydrogen (secondary N) is 1. The van der Waals surface area contributed by atoms with E-state index >= 15 is 0 Å². The summed E-state index contributed by atoms with van der Waals surface area (Å²) >= 11 is 0. The molecule has 0 aromatic heterocycles. The molecule has 1 saturated heterocycles. The number of nitrogens with zero attached hydrogens (tertiary/aromatic N) is 4. The smallest absolute Gasteiger partial charge is 0.421 e. The molecular formula is C27H26F3N5O3. The first-order valence-electron chi connectivity index (χ1n) is 12.1. The molecule has 11 heteroatoms. The minimum absolute atomic E-state index is 0.0506. The molecule has 2 aliphatic carbocycles. The lowest BCUT2D eigenvalue weighted by Crippen LogP contribution is -2.52. The quantitative estimate of drug-likeness (QED) is 0.512. The summed E-state index contributed by atoms with van der Waals surface area (Å²) in [6.45, 7) is 3.12. The fraction of sp³-hybridized carbons (Fsp3) is 0.296. The van der Waals surface area contributed by atoms with Gasteiger partial charge in [-0.15, -0.1) is 0 Å². The minimum atomic E-state index is -4.66. The summed E-state index contributed by atoms with van der Waals surface area (Å²) in [4.78, 5) is 23.3. The van der Waals surface area contributed by atoms with Gasteiger partial charge in [0.05, 0.1) is 7.11 Å². The van der Waals surface area contributed by atoms with Gasteiger partial charge >= 0.3 is 6.18 Å². The van der Waals surface area contributed by atoms with Crippen molar-refractivity contribution >= 4 is 23.6 Å². The third-order valence-corrected chi connectivity index (χ3v) is 6.41. The number of alkyl halides is 3. The number of amides is 1. The van der Waals surface area contributed by atoms with Crippen molar-refractivity contribution < 1.29 is 27.4 Å². The Hall–Kier alpha value is -3.96. The van der Waals surface area contributed by atoms with Crippen molar-refractivity contribution in [1.29, 1.82) is 0 Å². The second kappa shape index (κ2) is 10.4. The van der Waals surface area contributed by atoms with Crippen LogP contribution in [0.15, 0.2) is 69.9 Å². The lowest BCUT2D eigenvalue weighted by atomic mass is 10.1. The number of hydrazine groups is 1. The molecule has 1 aromatic carbocycles. The normalized spacial score (nSPS) is 21.6. The molecule has 5 rings (SSSR count). The highest BCUT2D eigenvalue weighted by Crippen LogP contribution is 2.52. The lowest BCUT2D eigenvalue weighted by molar-refractivity contribution is -0.0879. The zero-order chi connectivity index (χ0) is 26.9. The first-order chi connectivity index (χ1) is 18.2. The molecular weight excluding hydrogens is 499 g/mol. The van der Waals surface area contributed by atoms with E-state index in [9.17, 15) is 18.0 Å². The molecule has 1 N–H and O–H groups in total. The standard InChI is InChI=1S/C27H26F3N5O3/c1-34-11-13-35(14-12-34)33-26(36)17-9-10-21(23(15-17)37-2)32-24-8-4-7-22(20(16-31-24)27(28,29)30)38-25-18-5-3-6-19(18)25/h3-6,8-10,15-16H,7,11-14H2,1-2H3,(H,33,36)/b8-4+,22-20-,31-16?,32-24?. The van der Waals surface area contributed by atoms with Gasteiger partial charge in [0, 0.05) is 55.5 Å². The summed E-state index contributed by atoms with van der Waals surface area (Å²) in [6, 6.07) is 10.1. The molecule has 0 saturated carbocycles. The molecule has 1 aromatic rings. The Bertz CT molecular complexity index is 1350. The zero-order valence-electron chi connectivity index (χ0n) is 20.9. The Kier molecular flexibility index (Phi) is 7.04. The van der Waals surface area contributed by atoms with Crippen LogP contribution in [0.2, 0.25) is 0 Å². The number of rotatable bonds is 6. The van der Waals surface area contributed by atoms with Gasteiger partial charge in [-0.1, -0.05) is 24.3 Å². The number of amidine groups is 1. The van der Waals surface area contributed by atoms with Crippen molar-refractivity contribution in [3.8, 4) is 22.6 Å². The third-order valence-electron chi connectivity index (χ3n) is 6.41. The summed E-state index contributed by atoms with van der Waals surface area (Å²) in [5, 5.41) is 1.86. The summed E-state index contributed by atoms with van der Waals surface area (Å²) in [6.07, 6.45) is -0.976. The fourth-order valence-corrected chi connectivity index (χ4v) is 4.19. The molecule has 0 atom stereocenters. The second-order valence-corrected chi connectivity index (χ2v) is 9.07. The fourth-order valence-electron chi connectivity index (χ4n) is 4.19. The number of aliphatic imine (C=N–C) groups is 2. The van der Waals surface area contributed by atoms with Gasteiger partial charge in [-0.05, 0) is 31.3 Å². The minimum Gasteiger partial charge on any atom is -0.494 e. The number of benzene rings is 2. The molecule has 198 valence electrons. The van der Waals surface area contributed by atoms with E-state index < -0.39 is 11.7 Å². The SMILES string of the molecule is COc1cc(C(=O)NN2CCN(C)CC2)ccc1N=C1/C=C/C/C(Oc2c3cccc2-3)=C(/C(F)(F)F)C=N1. The van der Waals surface area contributed by atoms with Gasteiger partial charge in [0.25, 0.3) is 5.91 Å². The summed E-state index contributed by atoms with van der Waals surface area (Å²) < 4.78 is 52.5. The van der Waals surface area contributed by atoms with E-state index in [4.69, 9.17) is 9.47 Å². The molecule has 2 aliphatic heterocycles. The Morgan fingerprint density at radius 1 is 1.11 bits per heavy atom. The van der Waals surface area contributed by atoms with Crippen LogP contribution in [0.25, 0.3) is 11.1 Å². The van der Waals surface area contributed by atoms with Crippen LogP contribution in [-0.2, 0) is 0 Å².